The highest BCUT2D eigenvalue weighted by Gasteiger charge is 2.54. The second kappa shape index (κ2) is 22.3. The average molecular weight is 1270 g/mol. The van der Waals surface area contributed by atoms with E-state index in [1.165, 1.54) is 72.0 Å². The maximum absolute atomic E-state index is 7.87. The quantitative estimate of drug-likeness (QED) is 0.152. The van der Waals surface area contributed by atoms with Crippen molar-refractivity contribution in [3.8, 4) is 50.2 Å². The molecule has 0 saturated carbocycles. The normalized spacial score (nSPS) is 13.5. The Morgan fingerprint density at radius 2 is 0.778 bits per heavy atom. The van der Waals surface area contributed by atoms with Crippen molar-refractivity contribution in [2.24, 2.45) is 0 Å². The van der Waals surface area contributed by atoms with Crippen LogP contribution in [0.2, 0.25) is 0 Å². The zero-order valence-corrected chi connectivity index (χ0v) is 56.6. The summed E-state index contributed by atoms with van der Waals surface area (Å²) in [6, 6.07) is 114. The predicted octanol–water partition coefficient (Wildman–Crippen LogP) is 26.1. The first kappa shape index (κ1) is 58.8. The van der Waals surface area contributed by atoms with E-state index in [4.69, 9.17) is 8.83 Å². The van der Waals surface area contributed by atoms with Crippen LogP contribution in [-0.2, 0) is 22.7 Å². The van der Waals surface area contributed by atoms with Gasteiger partial charge in [-0.25, -0.2) is 0 Å². The first-order valence-corrected chi connectivity index (χ1v) is 35.1. The van der Waals surface area contributed by atoms with Crippen LogP contribution in [0, 0.1) is 0 Å². The SMILES string of the molecule is CC(C)(C)c1ccc(CCC(c2ccc(C(C)(C)C)cc2)c2cc3c(c4c2oc2ccccc24)-c2c(cc(-n4c5ccc(-c6ccccc6)cc5c5ccccc5c5ccccc5c5cc(-c6ccccc6)ccc54)c4c2oc2ccccc24)C32c3ccccc3-c3ccccc32)cc1. The summed E-state index contributed by atoms with van der Waals surface area (Å²) in [5.41, 5.74) is 26.5. The monoisotopic (exact) mass is 1270 g/mol. The topological polar surface area (TPSA) is 31.2 Å². The molecule has 0 aliphatic heterocycles. The summed E-state index contributed by atoms with van der Waals surface area (Å²) >= 11 is 0. The van der Waals surface area contributed by atoms with Crippen LogP contribution in [0.25, 0.3) is 137 Å². The second-order valence-corrected chi connectivity index (χ2v) is 29.7. The summed E-state index contributed by atoms with van der Waals surface area (Å²) in [6.45, 7) is 13.8. The molecule has 3 aromatic heterocycles. The molecular weight excluding hydrogens is 1200 g/mol. The van der Waals surface area contributed by atoms with Crippen LogP contribution in [0.15, 0.2) is 312 Å². The van der Waals surface area contributed by atoms with Gasteiger partial charge in [-0.2, -0.15) is 0 Å². The molecule has 3 heteroatoms. The molecule has 99 heavy (non-hydrogen) atoms. The van der Waals surface area contributed by atoms with Gasteiger partial charge in [-0.1, -0.05) is 296 Å². The fourth-order valence-corrected chi connectivity index (χ4v) is 17.3. The molecule has 0 radical (unpaired) electrons. The highest BCUT2D eigenvalue weighted by atomic mass is 16.3. The lowest BCUT2D eigenvalue weighted by atomic mass is 9.69. The molecule has 474 valence electrons. The lowest BCUT2D eigenvalue weighted by Gasteiger charge is -2.32. The first-order chi connectivity index (χ1) is 48.4. The van der Waals surface area contributed by atoms with Gasteiger partial charge in [0.15, 0.2) is 0 Å². The molecule has 0 amide bonds. The molecule has 1 atom stereocenters. The predicted molar refractivity (Wildman–Crippen MR) is 416 cm³/mol. The van der Waals surface area contributed by atoms with Crippen LogP contribution >= 0.6 is 0 Å². The molecule has 2 aliphatic carbocycles. The lowest BCUT2D eigenvalue weighted by Crippen LogP contribution is -2.26. The zero-order valence-electron chi connectivity index (χ0n) is 56.6. The Labute approximate surface area is 577 Å². The molecular formula is C96H73NO2. The highest BCUT2D eigenvalue weighted by molar-refractivity contribution is 6.25. The van der Waals surface area contributed by atoms with Gasteiger partial charge in [0.1, 0.15) is 22.3 Å². The van der Waals surface area contributed by atoms with Gasteiger partial charge >= 0.3 is 0 Å². The molecule has 0 N–H and O–H groups in total. The van der Waals surface area contributed by atoms with Crippen LogP contribution in [-0.4, -0.2) is 4.57 Å². The molecule has 2 aliphatic rings. The molecule has 3 nitrogen and oxygen atoms in total. The third-order valence-corrected chi connectivity index (χ3v) is 22.1. The van der Waals surface area contributed by atoms with Gasteiger partial charge in [0, 0.05) is 49.5 Å². The maximum atomic E-state index is 7.87. The Bertz CT molecular complexity index is 6030. The van der Waals surface area contributed by atoms with Gasteiger partial charge in [0.2, 0.25) is 0 Å². The molecule has 0 fully saturated rings. The van der Waals surface area contributed by atoms with E-state index in [9.17, 15) is 0 Å². The fourth-order valence-electron chi connectivity index (χ4n) is 17.3. The number of nitrogens with zero attached hydrogens (tertiary/aromatic N) is 1. The summed E-state index contributed by atoms with van der Waals surface area (Å²) in [6.07, 6.45) is 1.74. The Hall–Kier alpha value is -11.5. The molecule has 14 aromatic carbocycles. The van der Waals surface area contributed by atoms with Gasteiger partial charge < -0.3 is 13.4 Å². The third kappa shape index (κ3) is 9.03. The minimum absolute atomic E-state index is 0.0221. The van der Waals surface area contributed by atoms with Gasteiger partial charge in [-0.05, 0) is 172 Å². The van der Waals surface area contributed by atoms with E-state index in [2.05, 4.69) is 349 Å². The van der Waals surface area contributed by atoms with Crippen LogP contribution in [0.5, 0.6) is 0 Å². The fraction of sp³-hybridized carbons (Fsp3) is 0.125. The number of hydrogen-bond donors (Lipinski definition) is 0. The smallest absolute Gasteiger partial charge is 0.145 e. The highest BCUT2D eigenvalue weighted by Crippen LogP contribution is 2.67. The van der Waals surface area contributed by atoms with Crippen molar-refractivity contribution in [2.75, 3.05) is 0 Å². The van der Waals surface area contributed by atoms with E-state index in [0.717, 1.165) is 128 Å². The van der Waals surface area contributed by atoms with Crippen molar-refractivity contribution in [1.82, 2.24) is 4.57 Å². The van der Waals surface area contributed by atoms with Crippen molar-refractivity contribution >= 4 is 87.2 Å². The van der Waals surface area contributed by atoms with E-state index >= 15 is 0 Å². The zero-order chi connectivity index (χ0) is 66.5. The Morgan fingerprint density at radius 3 is 1.30 bits per heavy atom. The standard InChI is InChI=1S/C96H73NO2/c1-94(2,3)65-48-41-59(42-49-65)43-52-67(62-44-50-66(51-45-62)95(4,5)6)78-57-81-90(89-75-36-20-24-40-87(75)98-92(78)89)91-82(96(81)79-37-21-17-33-72(79)73-34-18-22-38-80(73)96)58-85(88-74-35-19-23-39-86(74)99-93(88)91)97-83-53-46-63(60-25-9-7-10-26-60)55-76(83)70-31-15-13-29-68(70)69-30-14-16-32-71(69)77-56-64(47-54-84(77)97)61-27-11-8-12-28-61/h7-42,44-51,53-58,67H,43,52H2,1-6H3. The number of fused-ring (bicyclic) bond motifs is 25. The number of para-hydroxylation sites is 2. The van der Waals surface area contributed by atoms with Crippen molar-refractivity contribution < 1.29 is 8.83 Å². The average Bonchev–Trinajstić information content (AvgIpc) is 1.49. The summed E-state index contributed by atoms with van der Waals surface area (Å²) in [5, 5.41) is 11.2. The van der Waals surface area contributed by atoms with Crippen LogP contribution < -0.4 is 0 Å². The van der Waals surface area contributed by atoms with Crippen molar-refractivity contribution in [2.45, 2.75) is 76.5 Å². The molecule has 3 heterocycles. The number of hydrogen-bond acceptors (Lipinski definition) is 2. The Kier molecular flexibility index (Phi) is 13.2. The maximum Gasteiger partial charge on any atom is 0.145 e. The molecule has 0 bridgehead atoms. The van der Waals surface area contributed by atoms with E-state index < -0.39 is 5.41 Å². The van der Waals surface area contributed by atoms with Crippen LogP contribution in [0.3, 0.4) is 0 Å². The largest absolute Gasteiger partial charge is 0.456 e. The summed E-state index contributed by atoms with van der Waals surface area (Å²) < 4.78 is 18.1. The summed E-state index contributed by atoms with van der Waals surface area (Å²) in [5.74, 6) is -0.0608. The lowest BCUT2D eigenvalue weighted by molar-refractivity contribution is 0.589. The minimum atomic E-state index is -0.858. The van der Waals surface area contributed by atoms with Crippen molar-refractivity contribution in [3.05, 3.63) is 353 Å². The van der Waals surface area contributed by atoms with Crippen molar-refractivity contribution in [1.29, 1.82) is 0 Å². The number of rotatable bonds is 8. The summed E-state index contributed by atoms with van der Waals surface area (Å²) in [7, 11) is 0. The Balaban J connectivity index is 1.00. The minimum Gasteiger partial charge on any atom is -0.456 e. The number of aromatic nitrogens is 1. The van der Waals surface area contributed by atoms with E-state index in [1.54, 1.807) is 0 Å². The molecule has 0 saturated heterocycles. The van der Waals surface area contributed by atoms with E-state index in [1.807, 2.05) is 0 Å². The number of aryl methyl sites for hydroxylation is 1. The van der Waals surface area contributed by atoms with Crippen LogP contribution in [0.4, 0.5) is 0 Å². The first-order valence-electron chi connectivity index (χ1n) is 35.1. The Morgan fingerprint density at radius 1 is 0.343 bits per heavy atom. The van der Waals surface area contributed by atoms with Crippen LogP contribution in [0.1, 0.15) is 104 Å². The molecule has 1 spiro atoms. The van der Waals surface area contributed by atoms with Gasteiger partial charge in [-0.15, -0.1) is 0 Å². The second-order valence-electron chi connectivity index (χ2n) is 29.7. The molecule has 17 aromatic rings. The van der Waals surface area contributed by atoms with Crippen molar-refractivity contribution in [3.63, 3.8) is 0 Å². The van der Waals surface area contributed by atoms with Gasteiger partial charge in [0.05, 0.1) is 27.5 Å². The van der Waals surface area contributed by atoms with Gasteiger partial charge in [-0.3, -0.25) is 0 Å². The number of benzene rings is 14. The van der Waals surface area contributed by atoms with Gasteiger partial charge in [0.25, 0.3) is 0 Å². The third-order valence-electron chi connectivity index (χ3n) is 22.1. The van der Waals surface area contributed by atoms with E-state index in [-0.39, 0.29) is 16.7 Å². The van der Waals surface area contributed by atoms with E-state index in [0.29, 0.717) is 0 Å². The number of furan rings is 2. The molecule has 1 unspecified atom stereocenters. The summed E-state index contributed by atoms with van der Waals surface area (Å²) in [4.78, 5) is 0. The molecule has 19 rings (SSSR count).